The number of nitriles is 1. The van der Waals surface area contributed by atoms with Crippen molar-refractivity contribution >= 4 is 11.5 Å². The molecular formula is C15H11N3O3. The fraction of sp³-hybridized carbons (Fsp3) is 0.133. The average Bonchev–Trinajstić information content (AvgIpc) is 2.48. The Morgan fingerprint density at radius 2 is 2.14 bits per heavy atom. The molecular weight excluding hydrogens is 270 g/mol. The molecule has 0 fully saturated rings. The molecule has 6 nitrogen and oxygen atoms in total. The van der Waals surface area contributed by atoms with Gasteiger partial charge < -0.3 is 0 Å². The molecule has 1 unspecified atom stereocenters. The molecule has 6 heteroatoms. The summed E-state index contributed by atoms with van der Waals surface area (Å²) >= 11 is 0. The molecule has 2 rings (SSSR count). The first-order valence-corrected chi connectivity index (χ1v) is 6.14. The Morgan fingerprint density at radius 1 is 1.38 bits per heavy atom. The summed E-state index contributed by atoms with van der Waals surface area (Å²) in [5, 5.41) is 20.3. The Morgan fingerprint density at radius 3 is 2.71 bits per heavy atom. The van der Waals surface area contributed by atoms with Crippen LogP contribution in [0.25, 0.3) is 0 Å². The van der Waals surface area contributed by atoms with Gasteiger partial charge in [-0.1, -0.05) is 12.1 Å². The Kier molecular flexibility index (Phi) is 4.05. The number of nitrogens with zero attached hydrogens (tertiary/aromatic N) is 3. The fourth-order valence-corrected chi connectivity index (χ4v) is 1.97. The van der Waals surface area contributed by atoms with Gasteiger partial charge in [-0.05, 0) is 30.7 Å². The summed E-state index contributed by atoms with van der Waals surface area (Å²) in [6.45, 7) is 1.72. The number of nitro benzene ring substituents is 1. The summed E-state index contributed by atoms with van der Waals surface area (Å²) in [6, 6.07) is 11.0. The molecule has 21 heavy (non-hydrogen) atoms. The van der Waals surface area contributed by atoms with Gasteiger partial charge in [0.15, 0.2) is 11.7 Å². The van der Waals surface area contributed by atoms with Gasteiger partial charge in [0.05, 0.1) is 22.2 Å². The molecule has 1 heterocycles. The minimum Gasteiger partial charge on any atom is -0.292 e. The topological polar surface area (TPSA) is 96.9 Å². The Hall–Kier alpha value is -3.07. The SMILES string of the molecule is Cc1ccc([N+](=O)[O-])c(C(=O)C(C#N)c2ccccn2)c1. The summed E-state index contributed by atoms with van der Waals surface area (Å²) in [4.78, 5) is 26.9. The van der Waals surface area contributed by atoms with Crippen LogP contribution in [0.5, 0.6) is 0 Å². The largest absolute Gasteiger partial charge is 0.292 e. The molecule has 0 saturated heterocycles. The zero-order valence-corrected chi connectivity index (χ0v) is 11.2. The van der Waals surface area contributed by atoms with Crippen LogP contribution >= 0.6 is 0 Å². The van der Waals surface area contributed by atoms with Gasteiger partial charge in [0, 0.05) is 12.3 Å². The Labute approximate surface area is 120 Å². The van der Waals surface area contributed by atoms with Gasteiger partial charge in [-0.25, -0.2) is 0 Å². The maximum Gasteiger partial charge on any atom is 0.280 e. The number of Topliss-reactive ketones (excluding diaryl/α,β-unsaturated/α-hetero) is 1. The lowest BCUT2D eigenvalue weighted by Crippen LogP contribution is -2.14. The maximum atomic E-state index is 12.5. The van der Waals surface area contributed by atoms with Crippen LogP contribution < -0.4 is 0 Å². The molecule has 0 N–H and O–H groups in total. The molecule has 104 valence electrons. The van der Waals surface area contributed by atoms with E-state index in [0.29, 0.717) is 5.56 Å². The second kappa shape index (κ2) is 5.92. The van der Waals surface area contributed by atoms with E-state index in [-0.39, 0.29) is 16.9 Å². The summed E-state index contributed by atoms with van der Waals surface area (Å²) < 4.78 is 0. The van der Waals surface area contributed by atoms with E-state index in [4.69, 9.17) is 0 Å². The highest BCUT2D eigenvalue weighted by Crippen LogP contribution is 2.26. The molecule has 0 spiro atoms. The van der Waals surface area contributed by atoms with Gasteiger partial charge in [0.25, 0.3) is 5.69 Å². The fourth-order valence-electron chi connectivity index (χ4n) is 1.97. The van der Waals surface area contributed by atoms with E-state index in [2.05, 4.69) is 4.98 Å². The minimum atomic E-state index is -1.16. The lowest BCUT2D eigenvalue weighted by molar-refractivity contribution is -0.385. The zero-order valence-electron chi connectivity index (χ0n) is 11.2. The van der Waals surface area contributed by atoms with Crippen molar-refractivity contribution in [2.75, 3.05) is 0 Å². The number of benzene rings is 1. The number of hydrogen-bond acceptors (Lipinski definition) is 5. The monoisotopic (exact) mass is 281 g/mol. The summed E-state index contributed by atoms with van der Waals surface area (Å²) in [6.07, 6.45) is 1.47. The van der Waals surface area contributed by atoms with Gasteiger partial charge in [0.1, 0.15) is 0 Å². The van der Waals surface area contributed by atoms with Crippen LogP contribution in [-0.4, -0.2) is 15.7 Å². The molecule has 0 amide bonds. The molecule has 0 saturated carbocycles. The van der Waals surface area contributed by atoms with Crippen LogP contribution in [0.2, 0.25) is 0 Å². The molecule has 0 bridgehead atoms. The lowest BCUT2D eigenvalue weighted by atomic mass is 9.93. The molecule has 0 aliphatic heterocycles. The van der Waals surface area contributed by atoms with Gasteiger partial charge >= 0.3 is 0 Å². The molecule has 1 aromatic heterocycles. The number of pyridine rings is 1. The van der Waals surface area contributed by atoms with Crippen molar-refractivity contribution in [2.24, 2.45) is 0 Å². The Balaban J connectivity index is 2.51. The van der Waals surface area contributed by atoms with Crippen molar-refractivity contribution in [1.82, 2.24) is 4.98 Å². The number of aryl methyl sites for hydroxylation is 1. The predicted octanol–water partition coefficient (Wildman–Crippen LogP) is 2.79. The van der Waals surface area contributed by atoms with Crippen molar-refractivity contribution in [3.63, 3.8) is 0 Å². The van der Waals surface area contributed by atoms with Crippen molar-refractivity contribution in [3.05, 3.63) is 69.5 Å². The van der Waals surface area contributed by atoms with E-state index in [0.717, 1.165) is 0 Å². The van der Waals surface area contributed by atoms with Crippen LogP contribution in [0.15, 0.2) is 42.6 Å². The third-order valence-electron chi connectivity index (χ3n) is 2.99. The van der Waals surface area contributed by atoms with Crippen LogP contribution in [0.3, 0.4) is 0 Å². The normalized spacial score (nSPS) is 11.4. The first kappa shape index (κ1) is 14.3. The van der Waals surface area contributed by atoms with Crippen molar-refractivity contribution < 1.29 is 9.72 Å². The summed E-state index contributed by atoms with van der Waals surface area (Å²) in [7, 11) is 0. The van der Waals surface area contributed by atoms with E-state index in [1.807, 2.05) is 6.07 Å². The van der Waals surface area contributed by atoms with Gasteiger partial charge in [0.2, 0.25) is 0 Å². The maximum absolute atomic E-state index is 12.5. The second-order valence-electron chi connectivity index (χ2n) is 4.46. The van der Waals surface area contributed by atoms with Crippen molar-refractivity contribution in [3.8, 4) is 6.07 Å². The molecule has 1 aromatic carbocycles. The molecule has 1 atom stereocenters. The summed E-state index contributed by atoms with van der Waals surface area (Å²) in [5.74, 6) is -1.78. The van der Waals surface area contributed by atoms with Gasteiger partial charge in [-0.3, -0.25) is 19.9 Å². The highest BCUT2D eigenvalue weighted by atomic mass is 16.6. The van der Waals surface area contributed by atoms with Gasteiger partial charge in [-0.15, -0.1) is 0 Å². The summed E-state index contributed by atoms with van der Waals surface area (Å²) in [5.41, 5.74) is 0.612. The van der Waals surface area contributed by atoms with E-state index in [1.165, 1.54) is 18.3 Å². The zero-order chi connectivity index (χ0) is 15.4. The highest BCUT2D eigenvalue weighted by molar-refractivity contribution is 6.05. The first-order valence-electron chi connectivity index (χ1n) is 6.14. The third kappa shape index (κ3) is 2.92. The van der Waals surface area contributed by atoms with Crippen LogP contribution in [0, 0.1) is 28.4 Å². The minimum absolute atomic E-state index is 0.0720. The van der Waals surface area contributed by atoms with E-state index in [9.17, 15) is 20.2 Å². The third-order valence-corrected chi connectivity index (χ3v) is 2.99. The Bertz CT molecular complexity index is 736. The van der Waals surface area contributed by atoms with E-state index < -0.39 is 16.6 Å². The number of hydrogen-bond donors (Lipinski definition) is 0. The second-order valence-corrected chi connectivity index (χ2v) is 4.46. The number of nitro groups is 1. The van der Waals surface area contributed by atoms with Gasteiger partial charge in [-0.2, -0.15) is 5.26 Å². The standard InChI is InChI=1S/C15H11N3O3/c1-10-5-6-14(18(20)21)11(8-10)15(19)12(9-16)13-4-2-3-7-17-13/h2-8,12H,1H3. The number of rotatable bonds is 4. The number of carbonyl (C=O) groups is 1. The number of carbonyl (C=O) groups excluding carboxylic acids is 1. The number of aromatic nitrogens is 1. The van der Waals surface area contributed by atoms with Crippen LogP contribution in [-0.2, 0) is 0 Å². The lowest BCUT2D eigenvalue weighted by Gasteiger charge is -2.08. The van der Waals surface area contributed by atoms with E-state index in [1.54, 1.807) is 31.2 Å². The molecule has 0 radical (unpaired) electrons. The van der Waals surface area contributed by atoms with Crippen molar-refractivity contribution in [2.45, 2.75) is 12.8 Å². The molecule has 0 aliphatic carbocycles. The van der Waals surface area contributed by atoms with E-state index >= 15 is 0 Å². The first-order chi connectivity index (χ1) is 10.0. The van der Waals surface area contributed by atoms with Crippen LogP contribution in [0.1, 0.15) is 27.5 Å². The quantitative estimate of drug-likeness (QED) is 0.487. The van der Waals surface area contributed by atoms with Crippen molar-refractivity contribution in [1.29, 1.82) is 5.26 Å². The number of ketones is 1. The smallest absolute Gasteiger partial charge is 0.280 e. The molecule has 2 aromatic rings. The predicted molar refractivity (Wildman–Crippen MR) is 74.8 cm³/mol. The van der Waals surface area contributed by atoms with Crippen LogP contribution in [0.4, 0.5) is 5.69 Å². The average molecular weight is 281 g/mol. The molecule has 0 aliphatic rings. The highest BCUT2D eigenvalue weighted by Gasteiger charge is 2.29.